The van der Waals surface area contributed by atoms with E-state index < -0.39 is 9.84 Å². The number of rotatable bonds is 4. The second-order valence-electron chi connectivity index (χ2n) is 6.28. The van der Waals surface area contributed by atoms with Crippen molar-refractivity contribution in [3.05, 3.63) is 29.8 Å². The van der Waals surface area contributed by atoms with Gasteiger partial charge >= 0.3 is 0 Å². The number of benzene rings is 1. The van der Waals surface area contributed by atoms with Crippen molar-refractivity contribution in [3.63, 3.8) is 0 Å². The van der Waals surface area contributed by atoms with Crippen LogP contribution in [0.5, 0.6) is 5.75 Å². The SMILES string of the molecule is N#Cc1ccc(OCCN2CCS(=O)(=O)[C@H]3CCCC[C@H]32)cc1. The number of nitrogens with zero attached hydrogens (tertiary/aromatic N) is 2. The smallest absolute Gasteiger partial charge is 0.155 e. The Hall–Kier alpha value is -1.58. The Bertz CT molecular complexity index is 679. The van der Waals surface area contributed by atoms with Crippen LogP contribution in [0, 0.1) is 11.3 Å². The summed E-state index contributed by atoms with van der Waals surface area (Å²) in [5.41, 5.74) is 0.614. The summed E-state index contributed by atoms with van der Waals surface area (Å²) >= 11 is 0. The molecule has 6 heteroatoms. The lowest BCUT2D eigenvalue weighted by Crippen LogP contribution is -2.56. The van der Waals surface area contributed by atoms with Gasteiger partial charge in [0.05, 0.1) is 22.6 Å². The molecule has 23 heavy (non-hydrogen) atoms. The summed E-state index contributed by atoms with van der Waals surface area (Å²) in [4.78, 5) is 2.29. The van der Waals surface area contributed by atoms with Crippen molar-refractivity contribution < 1.29 is 13.2 Å². The minimum Gasteiger partial charge on any atom is -0.492 e. The second-order valence-corrected chi connectivity index (χ2v) is 8.62. The van der Waals surface area contributed by atoms with E-state index >= 15 is 0 Å². The fourth-order valence-corrected chi connectivity index (χ4v) is 5.76. The van der Waals surface area contributed by atoms with Gasteiger partial charge < -0.3 is 4.74 Å². The summed E-state index contributed by atoms with van der Waals surface area (Å²) < 4.78 is 30.2. The maximum absolute atomic E-state index is 12.2. The Kier molecular flexibility index (Phi) is 4.88. The molecule has 1 saturated heterocycles. The van der Waals surface area contributed by atoms with Crippen molar-refractivity contribution in [3.8, 4) is 11.8 Å². The molecule has 0 aromatic heterocycles. The van der Waals surface area contributed by atoms with Gasteiger partial charge in [-0.2, -0.15) is 5.26 Å². The molecule has 0 amide bonds. The Morgan fingerprint density at radius 2 is 1.96 bits per heavy atom. The molecule has 2 aliphatic rings. The van der Waals surface area contributed by atoms with Crippen LogP contribution < -0.4 is 4.74 Å². The van der Waals surface area contributed by atoms with Crippen molar-refractivity contribution in [2.45, 2.75) is 37.0 Å². The van der Waals surface area contributed by atoms with E-state index in [2.05, 4.69) is 11.0 Å². The molecule has 1 aromatic carbocycles. The van der Waals surface area contributed by atoms with Gasteiger partial charge in [-0.05, 0) is 37.1 Å². The fourth-order valence-electron chi connectivity index (χ4n) is 3.66. The number of nitriles is 1. The lowest BCUT2D eigenvalue weighted by molar-refractivity contribution is 0.131. The highest BCUT2D eigenvalue weighted by Crippen LogP contribution is 2.31. The highest BCUT2D eigenvalue weighted by atomic mass is 32.2. The third-order valence-electron chi connectivity index (χ3n) is 4.89. The third kappa shape index (κ3) is 3.67. The van der Waals surface area contributed by atoms with Crippen molar-refractivity contribution in [2.75, 3.05) is 25.4 Å². The van der Waals surface area contributed by atoms with E-state index in [1.54, 1.807) is 24.3 Å². The van der Waals surface area contributed by atoms with Crippen LogP contribution in [0.2, 0.25) is 0 Å². The number of hydrogen-bond donors (Lipinski definition) is 0. The Morgan fingerprint density at radius 3 is 2.70 bits per heavy atom. The molecule has 0 unspecified atom stereocenters. The molecule has 0 spiro atoms. The molecule has 1 aromatic rings. The van der Waals surface area contributed by atoms with E-state index in [0.29, 0.717) is 18.7 Å². The second kappa shape index (κ2) is 6.90. The first-order chi connectivity index (χ1) is 11.1. The monoisotopic (exact) mass is 334 g/mol. The molecule has 0 N–H and O–H groups in total. The van der Waals surface area contributed by atoms with Crippen LogP contribution in [0.4, 0.5) is 0 Å². The molecule has 1 aliphatic carbocycles. The zero-order valence-electron chi connectivity index (χ0n) is 13.1. The third-order valence-corrected chi connectivity index (χ3v) is 7.12. The average molecular weight is 334 g/mol. The predicted molar refractivity (Wildman–Crippen MR) is 88.1 cm³/mol. The molecule has 124 valence electrons. The molecule has 2 atom stereocenters. The van der Waals surface area contributed by atoms with Crippen LogP contribution in [0.25, 0.3) is 0 Å². The number of fused-ring (bicyclic) bond motifs is 1. The Labute approximate surface area is 137 Å². The van der Waals surface area contributed by atoms with Gasteiger partial charge in [0.25, 0.3) is 0 Å². The van der Waals surface area contributed by atoms with E-state index in [1.165, 1.54) is 0 Å². The molecule has 0 bridgehead atoms. The molecular formula is C17H22N2O3S. The van der Waals surface area contributed by atoms with Gasteiger partial charge in [0, 0.05) is 19.1 Å². The van der Waals surface area contributed by atoms with Crippen molar-refractivity contribution in [1.29, 1.82) is 5.26 Å². The van der Waals surface area contributed by atoms with E-state index in [1.807, 2.05) is 0 Å². The Morgan fingerprint density at radius 1 is 1.22 bits per heavy atom. The molecular weight excluding hydrogens is 312 g/mol. The summed E-state index contributed by atoms with van der Waals surface area (Å²) in [5.74, 6) is 1.01. The summed E-state index contributed by atoms with van der Waals surface area (Å²) in [6.45, 7) is 1.89. The zero-order valence-corrected chi connectivity index (χ0v) is 14.0. The molecule has 5 nitrogen and oxygen atoms in total. The van der Waals surface area contributed by atoms with Gasteiger partial charge in [-0.1, -0.05) is 12.8 Å². The van der Waals surface area contributed by atoms with Gasteiger partial charge in [0.15, 0.2) is 9.84 Å². The minimum atomic E-state index is -2.91. The average Bonchev–Trinajstić information content (AvgIpc) is 2.58. The maximum Gasteiger partial charge on any atom is 0.155 e. The maximum atomic E-state index is 12.2. The van der Waals surface area contributed by atoms with Gasteiger partial charge in [-0.25, -0.2) is 8.42 Å². The van der Waals surface area contributed by atoms with E-state index in [0.717, 1.165) is 38.0 Å². The van der Waals surface area contributed by atoms with E-state index in [9.17, 15) is 8.42 Å². The number of sulfone groups is 1. The topological polar surface area (TPSA) is 70.4 Å². The summed E-state index contributed by atoms with van der Waals surface area (Å²) in [5, 5.41) is 8.60. The lowest BCUT2D eigenvalue weighted by atomic mass is 9.93. The van der Waals surface area contributed by atoms with E-state index in [4.69, 9.17) is 10.00 Å². The van der Waals surface area contributed by atoms with Crippen LogP contribution in [0.1, 0.15) is 31.2 Å². The van der Waals surface area contributed by atoms with Gasteiger partial charge in [0.2, 0.25) is 0 Å². The number of hydrogen-bond acceptors (Lipinski definition) is 5. The molecule has 1 aliphatic heterocycles. The highest BCUT2D eigenvalue weighted by molar-refractivity contribution is 7.92. The quantitative estimate of drug-likeness (QED) is 0.842. The fraction of sp³-hybridized carbons (Fsp3) is 0.588. The van der Waals surface area contributed by atoms with Crippen molar-refractivity contribution >= 4 is 9.84 Å². The minimum absolute atomic E-state index is 0.159. The molecule has 1 saturated carbocycles. The normalized spacial score (nSPS) is 26.9. The first-order valence-corrected chi connectivity index (χ1v) is 9.90. The van der Waals surface area contributed by atoms with Crippen molar-refractivity contribution in [1.82, 2.24) is 4.90 Å². The molecule has 3 rings (SSSR count). The first kappa shape index (κ1) is 16.3. The van der Waals surface area contributed by atoms with Crippen LogP contribution in [-0.4, -0.2) is 50.1 Å². The van der Waals surface area contributed by atoms with E-state index in [-0.39, 0.29) is 17.0 Å². The van der Waals surface area contributed by atoms with Crippen LogP contribution in [0.3, 0.4) is 0 Å². The highest BCUT2D eigenvalue weighted by Gasteiger charge is 2.42. The number of ether oxygens (including phenoxy) is 1. The first-order valence-electron chi connectivity index (χ1n) is 8.19. The lowest BCUT2D eigenvalue weighted by Gasteiger charge is -2.43. The largest absolute Gasteiger partial charge is 0.492 e. The van der Waals surface area contributed by atoms with Crippen molar-refractivity contribution in [2.24, 2.45) is 0 Å². The van der Waals surface area contributed by atoms with Gasteiger partial charge in [-0.3, -0.25) is 4.90 Å². The summed E-state index contributed by atoms with van der Waals surface area (Å²) in [6, 6.07) is 9.30. The standard InChI is InChI=1S/C17H22N2O3S/c18-13-14-5-7-15(8-6-14)22-11-9-19-10-12-23(20,21)17-4-2-1-3-16(17)19/h5-8,16-17H,1-4,9-12H2/t16-,17+/m1/s1. The Balaban J connectivity index is 1.56. The van der Waals surface area contributed by atoms with Gasteiger partial charge in [-0.15, -0.1) is 0 Å². The van der Waals surface area contributed by atoms with Crippen LogP contribution >= 0.6 is 0 Å². The zero-order chi connectivity index (χ0) is 16.3. The molecule has 0 radical (unpaired) electrons. The van der Waals surface area contributed by atoms with Crippen LogP contribution in [0.15, 0.2) is 24.3 Å². The predicted octanol–water partition coefficient (Wildman–Crippen LogP) is 1.98. The summed E-state index contributed by atoms with van der Waals surface area (Å²) in [7, 11) is -2.91. The van der Waals surface area contributed by atoms with Crippen LogP contribution in [-0.2, 0) is 9.84 Å². The molecule has 1 heterocycles. The molecule has 2 fully saturated rings. The van der Waals surface area contributed by atoms with Gasteiger partial charge in [0.1, 0.15) is 12.4 Å². The summed E-state index contributed by atoms with van der Waals surface area (Å²) in [6.07, 6.45) is 3.92.